The summed E-state index contributed by atoms with van der Waals surface area (Å²) >= 11 is 0.306. The van der Waals surface area contributed by atoms with Gasteiger partial charge in [-0.05, 0) is 43.0 Å². The van der Waals surface area contributed by atoms with Crippen LogP contribution < -0.4 is 0 Å². The van der Waals surface area contributed by atoms with Gasteiger partial charge in [-0.25, -0.2) is 0 Å². The van der Waals surface area contributed by atoms with Gasteiger partial charge in [-0.1, -0.05) is 103 Å². The first kappa shape index (κ1) is 16.4. The third-order valence-corrected chi connectivity index (χ3v) is 8.23. The summed E-state index contributed by atoms with van der Waals surface area (Å²) in [6, 6.07) is 38.3. The molecule has 0 amide bonds. The molecule has 1 aliphatic heterocycles. The van der Waals surface area contributed by atoms with Crippen LogP contribution in [-0.2, 0) is 5.41 Å². The van der Waals surface area contributed by atoms with Crippen LogP contribution in [0.3, 0.4) is 0 Å². The maximum Gasteiger partial charge on any atom is 0.0713 e. The molecule has 0 bridgehead atoms. The lowest BCUT2D eigenvalue weighted by Gasteiger charge is -2.34. The van der Waals surface area contributed by atoms with Crippen LogP contribution in [0, 0.1) is 0 Å². The van der Waals surface area contributed by atoms with E-state index in [0.717, 1.165) is 3.92 Å². The van der Waals surface area contributed by atoms with Crippen LogP contribution in [-0.4, -0.2) is 4.01 Å². The average Bonchev–Trinajstić information content (AvgIpc) is 3.58. The second kappa shape index (κ2) is 6.25. The Bertz CT molecular complexity index is 1150. The normalized spacial score (nSPS) is 18.1. The second-order valence-electron chi connectivity index (χ2n) is 7.48. The molecule has 0 nitrogen and oxygen atoms in total. The van der Waals surface area contributed by atoms with Gasteiger partial charge in [0.25, 0.3) is 0 Å². The molecule has 28 heavy (non-hydrogen) atoms. The summed E-state index contributed by atoms with van der Waals surface area (Å²) < 4.78 is 3.25. The molecule has 1 atom stereocenters. The number of rotatable bonds is 3. The number of hydrogen-bond acceptors (Lipinski definition) is 0. The molecule has 1 aliphatic carbocycles. The third kappa shape index (κ3) is 2.26. The summed E-state index contributed by atoms with van der Waals surface area (Å²) in [7, 11) is 0. The fraction of sp³-hybridized carbons (Fsp3) is 0.0741. The average molecular weight is 470 g/mol. The lowest BCUT2D eigenvalue weighted by molar-refractivity contribution is 0.768. The molecule has 1 unspecified atom stereocenters. The predicted molar refractivity (Wildman–Crippen MR) is 127 cm³/mol. The van der Waals surface area contributed by atoms with Crippen molar-refractivity contribution in [1.82, 2.24) is 0 Å². The summed E-state index contributed by atoms with van der Waals surface area (Å²) in [6.07, 6.45) is 0. The van der Waals surface area contributed by atoms with Gasteiger partial charge in [0.05, 0.1) is 9.34 Å². The van der Waals surface area contributed by atoms with Crippen molar-refractivity contribution in [3.05, 3.63) is 131 Å². The summed E-state index contributed by atoms with van der Waals surface area (Å²) in [5.74, 6) is 0. The molecule has 0 N–H and O–H groups in total. The molecule has 2 aliphatic rings. The van der Waals surface area contributed by atoms with Crippen LogP contribution in [0.1, 0.15) is 31.7 Å². The van der Waals surface area contributed by atoms with Gasteiger partial charge in [0, 0.05) is 0 Å². The van der Waals surface area contributed by atoms with E-state index >= 15 is 0 Å². The van der Waals surface area contributed by atoms with Gasteiger partial charge in [0.2, 0.25) is 0 Å². The van der Waals surface area contributed by atoms with Crippen LogP contribution >= 0.6 is 20.7 Å². The highest BCUT2D eigenvalue weighted by Gasteiger charge is 2.45. The Labute approximate surface area is 175 Å². The molecule has 1 heteroatoms. The van der Waals surface area contributed by atoms with Crippen molar-refractivity contribution in [2.45, 2.75) is 9.34 Å². The van der Waals surface area contributed by atoms with Crippen molar-refractivity contribution in [3.8, 4) is 11.1 Å². The summed E-state index contributed by atoms with van der Waals surface area (Å²) in [4.78, 5) is 0. The Morgan fingerprint density at radius 3 is 1.61 bits per heavy atom. The molecule has 0 aromatic heterocycles. The molecule has 1 heterocycles. The SMILES string of the molecule is C1=IC1c1ccc(C2(c3ccccc3)c3ccccc3-c3ccccc32)cc1. The highest BCUT2D eigenvalue weighted by molar-refractivity contribution is 14.2. The van der Waals surface area contributed by atoms with E-state index in [0.29, 0.717) is 20.7 Å². The number of alkyl halides is 1. The van der Waals surface area contributed by atoms with E-state index in [9.17, 15) is 0 Å². The molecule has 0 saturated carbocycles. The zero-order valence-corrected chi connectivity index (χ0v) is 17.5. The first-order chi connectivity index (χ1) is 13.9. The standard InChI is InChI=1S/C27H19I/c1-2-8-20(9-3-1)27(21-16-14-19(15-17-21)26-18-28-26)24-12-6-4-10-22(24)23-11-5-7-13-25(23)27/h1-18,26H. The Morgan fingerprint density at radius 1 is 0.536 bits per heavy atom. The molecule has 134 valence electrons. The van der Waals surface area contributed by atoms with Gasteiger partial charge in [-0.2, -0.15) is 0 Å². The molecule has 6 rings (SSSR count). The molecular formula is C27H19I. The lowest BCUT2D eigenvalue weighted by atomic mass is 9.67. The Morgan fingerprint density at radius 2 is 1.04 bits per heavy atom. The van der Waals surface area contributed by atoms with Gasteiger partial charge in [-0.15, -0.1) is 20.7 Å². The quantitative estimate of drug-likeness (QED) is 0.199. The highest BCUT2D eigenvalue weighted by Crippen LogP contribution is 2.56. The minimum Gasteiger partial charge on any atom is -0.113 e. The monoisotopic (exact) mass is 470 g/mol. The van der Waals surface area contributed by atoms with Crippen molar-refractivity contribution in [1.29, 1.82) is 0 Å². The Hall–Kier alpha value is -2.52. The molecule has 0 saturated heterocycles. The zero-order chi connectivity index (χ0) is 18.6. The summed E-state index contributed by atoms with van der Waals surface area (Å²) in [5.41, 5.74) is 9.42. The van der Waals surface area contributed by atoms with Crippen molar-refractivity contribution in [2.24, 2.45) is 0 Å². The van der Waals surface area contributed by atoms with Crippen molar-refractivity contribution in [2.75, 3.05) is 0 Å². The van der Waals surface area contributed by atoms with E-state index in [-0.39, 0.29) is 5.41 Å². The maximum absolute atomic E-state index is 2.49. The minimum atomic E-state index is -0.255. The van der Waals surface area contributed by atoms with Crippen molar-refractivity contribution in [3.63, 3.8) is 0 Å². The predicted octanol–water partition coefficient (Wildman–Crippen LogP) is 6.88. The lowest BCUT2D eigenvalue weighted by Crippen LogP contribution is -2.28. The molecule has 0 radical (unpaired) electrons. The number of fused-ring (bicyclic) bond motifs is 3. The molecular weight excluding hydrogens is 451 g/mol. The van der Waals surface area contributed by atoms with Gasteiger partial charge in [-0.3, -0.25) is 0 Å². The van der Waals surface area contributed by atoms with E-state index in [2.05, 4.69) is 107 Å². The van der Waals surface area contributed by atoms with Crippen molar-refractivity contribution >= 4 is 24.7 Å². The van der Waals surface area contributed by atoms with Crippen LogP contribution in [0.4, 0.5) is 0 Å². The van der Waals surface area contributed by atoms with Gasteiger partial charge in [0.15, 0.2) is 0 Å². The third-order valence-electron chi connectivity index (χ3n) is 6.07. The molecule has 0 spiro atoms. The minimum absolute atomic E-state index is 0.255. The topological polar surface area (TPSA) is 0 Å². The maximum atomic E-state index is 2.49. The Balaban J connectivity index is 1.70. The number of halogens is 1. The first-order valence-electron chi connectivity index (χ1n) is 9.70. The molecule has 4 aromatic rings. The smallest absolute Gasteiger partial charge is 0.0713 e. The summed E-state index contributed by atoms with van der Waals surface area (Å²) in [5, 5.41) is 0. The van der Waals surface area contributed by atoms with Crippen LogP contribution in [0.2, 0.25) is 0 Å². The highest BCUT2D eigenvalue weighted by atomic mass is 127. The molecule has 4 aromatic carbocycles. The molecule has 0 fully saturated rings. The van der Waals surface area contributed by atoms with E-state index in [4.69, 9.17) is 0 Å². The summed E-state index contributed by atoms with van der Waals surface area (Å²) in [6.45, 7) is 0. The van der Waals surface area contributed by atoms with Crippen LogP contribution in [0.5, 0.6) is 0 Å². The van der Waals surface area contributed by atoms with Gasteiger partial charge >= 0.3 is 0 Å². The largest absolute Gasteiger partial charge is 0.113 e. The van der Waals surface area contributed by atoms with Crippen LogP contribution in [0.25, 0.3) is 11.1 Å². The Kier molecular flexibility index (Phi) is 3.67. The number of benzene rings is 4. The first-order valence-corrected chi connectivity index (χ1v) is 12.2. The zero-order valence-electron chi connectivity index (χ0n) is 15.3. The van der Waals surface area contributed by atoms with E-state index in [1.54, 1.807) is 0 Å². The second-order valence-corrected chi connectivity index (χ2v) is 10.3. The van der Waals surface area contributed by atoms with E-state index in [1.807, 2.05) is 0 Å². The van der Waals surface area contributed by atoms with E-state index in [1.165, 1.54) is 38.9 Å². The fourth-order valence-electron chi connectivity index (χ4n) is 4.81. The van der Waals surface area contributed by atoms with E-state index < -0.39 is 0 Å². The van der Waals surface area contributed by atoms with Crippen LogP contribution in [0.15, 0.2) is 103 Å². The fourth-order valence-corrected chi connectivity index (χ4v) is 6.26. The number of hydrogen-bond donors (Lipinski definition) is 0. The van der Waals surface area contributed by atoms with Gasteiger partial charge in [0.1, 0.15) is 0 Å². The van der Waals surface area contributed by atoms with Crippen molar-refractivity contribution < 1.29 is 0 Å². The van der Waals surface area contributed by atoms with Gasteiger partial charge < -0.3 is 0 Å².